The molecule has 0 bridgehead atoms. The number of methoxy groups -OCH3 is 1. The van der Waals surface area contributed by atoms with Crippen LogP contribution in [-0.2, 0) is 4.74 Å². The Kier molecular flexibility index (Phi) is 8.19. The average molecular weight is 455 g/mol. The molecule has 0 aliphatic rings. The van der Waals surface area contributed by atoms with Gasteiger partial charge >= 0.3 is 5.97 Å². The molecule has 2 unspecified atom stereocenters. The number of carbonyl (C=O) groups excluding carboxylic acids is 1. The second kappa shape index (κ2) is 10.9. The third kappa shape index (κ3) is 6.13. The quantitative estimate of drug-likeness (QED) is 0.302. The van der Waals surface area contributed by atoms with E-state index in [1.54, 1.807) is 23.9 Å². The van der Waals surface area contributed by atoms with Crippen molar-refractivity contribution < 1.29 is 14.6 Å². The van der Waals surface area contributed by atoms with Gasteiger partial charge in [0.1, 0.15) is 0 Å². The van der Waals surface area contributed by atoms with E-state index in [9.17, 15) is 9.90 Å². The molecule has 0 heterocycles. The van der Waals surface area contributed by atoms with Crippen molar-refractivity contribution in [2.45, 2.75) is 37.2 Å². The monoisotopic (exact) mass is 454 g/mol. The van der Waals surface area contributed by atoms with Crippen LogP contribution in [0.3, 0.4) is 0 Å². The highest BCUT2D eigenvalue weighted by atomic mass is 35.5. The summed E-state index contributed by atoms with van der Waals surface area (Å²) in [5.74, 6) is 0.396. The standard InChI is InChI=1S/C26H27ClO3S/c1-17-7-8-21(15-18(17)2)25(28)24(20-5-4-6-22(27)16-20)13-14-31-23-11-9-19(10-12-23)26(29)30-3/h4-12,15-16,24-25,28H,13-14H2,1-3H3. The molecule has 162 valence electrons. The Morgan fingerprint density at radius 3 is 2.39 bits per heavy atom. The Hall–Kier alpha value is -2.27. The van der Waals surface area contributed by atoms with Gasteiger partial charge in [-0.25, -0.2) is 4.79 Å². The highest BCUT2D eigenvalue weighted by Gasteiger charge is 2.23. The Morgan fingerprint density at radius 2 is 1.74 bits per heavy atom. The van der Waals surface area contributed by atoms with Crippen molar-refractivity contribution in [3.63, 3.8) is 0 Å². The number of ether oxygens (including phenoxy) is 1. The zero-order valence-electron chi connectivity index (χ0n) is 18.0. The number of halogens is 1. The molecule has 0 aromatic heterocycles. The van der Waals surface area contributed by atoms with Gasteiger partial charge in [-0.3, -0.25) is 0 Å². The fraction of sp³-hybridized carbons (Fsp3) is 0.269. The van der Waals surface area contributed by atoms with E-state index in [0.29, 0.717) is 10.6 Å². The van der Waals surface area contributed by atoms with Crippen LogP contribution in [0.1, 0.15) is 51.1 Å². The van der Waals surface area contributed by atoms with Crippen molar-refractivity contribution in [3.8, 4) is 0 Å². The molecule has 3 nitrogen and oxygen atoms in total. The topological polar surface area (TPSA) is 46.5 Å². The fourth-order valence-electron chi connectivity index (χ4n) is 3.53. The molecular formula is C26H27ClO3S. The molecule has 3 rings (SSSR count). The van der Waals surface area contributed by atoms with Gasteiger partial charge in [0, 0.05) is 15.8 Å². The van der Waals surface area contributed by atoms with Gasteiger partial charge in [0.05, 0.1) is 18.8 Å². The first kappa shape index (κ1) is 23.4. The van der Waals surface area contributed by atoms with Gasteiger partial charge in [0.15, 0.2) is 0 Å². The first-order valence-electron chi connectivity index (χ1n) is 10.2. The van der Waals surface area contributed by atoms with Crippen LogP contribution in [0.4, 0.5) is 0 Å². The number of aliphatic hydroxyl groups is 1. The average Bonchev–Trinajstić information content (AvgIpc) is 2.78. The zero-order valence-corrected chi connectivity index (χ0v) is 19.5. The van der Waals surface area contributed by atoms with E-state index in [2.05, 4.69) is 26.0 Å². The van der Waals surface area contributed by atoms with Crippen LogP contribution in [0.25, 0.3) is 0 Å². The first-order valence-corrected chi connectivity index (χ1v) is 11.6. The van der Waals surface area contributed by atoms with E-state index in [1.807, 2.05) is 42.5 Å². The molecule has 5 heteroatoms. The molecule has 0 amide bonds. The van der Waals surface area contributed by atoms with Crippen molar-refractivity contribution in [1.29, 1.82) is 0 Å². The zero-order chi connectivity index (χ0) is 22.4. The smallest absolute Gasteiger partial charge is 0.337 e. The Labute approximate surface area is 193 Å². The van der Waals surface area contributed by atoms with Crippen LogP contribution in [0, 0.1) is 13.8 Å². The molecule has 0 saturated carbocycles. The van der Waals surface area contributed by atoms with Crippen LogP contribution in [0.2, 0.25) is 5.02 Å². The minimum atomic E-state index is -0.625. The lowest BCUT2D eigenvalue weighted by Gasteiger charge is -2.24. The molecule has 0 fully saturated rings. The third-order valence-electron chi connectivity index (χ3n) is 5.50. The van der Waals surface area contributed by atoms with E-state index in [0.717, 1.165) is 28.2 Å². The molecule has 0 spiro atoms. The molecule has 0 radical (unpaired) electrons. The highest BCUT2D eigenvalue weighted by molar-refractivity contribution is 7.99. The number of hydrogen-bond acceptors (Lipinski definition) is 4. The van der Waals surface area contributed by atoms with Gasteiger partial charge in [0.2, 0.25) is 0 Å². The summed E-state index contributed by atoms with van der Waals surface area (Å²) in [7, 11) is 1.38. The van der Waals surface area contributed by atoms with Crippen molar-refractivity contribution in [2.24, 2.45) is 0 Å². The second-order valence-electron chi connectivity index (χ2n) is 7.60. The van der Waals surface area contributed by atoms with E-state index in [-0.39, 0.29) is 11.9 Å². The Balaban J connectivity index is 1.75. The molecule has 0 saturated heterocycles. The largest absolute Gasteiger partial charge is 0.465 e. The summed E-state index contributed by atoms with van der Waals surface area (Å²) in [6.07, 6.45) is 0.151. The van der Waals surface area contributed by atoms with Crippen LogP contribution in [-0.4, -0.2) is 23.9 Å². The van der Waals surface area contributed by atoms with E-state index < -0.39 is 6.10 Å². The lowest BCUT2D eigenvalue weighted by molar-refractivity contribution is 0.0600. The van der Waals surface area contributed by atoms with Crippen LogP contribution in [0.15, 0.2) is 71.6 Å². The first-order chi connectivity index (χ1) is 14.9. The Bertz CT molecular complexity index is 1030. The maximum atomic E-state index is 11.6. The van der Waals surface area contributed by atoms with Crippen LogP contribution >= 0.6 is 23.4 Å². The van der Waals surface area contributed by atoms with Crippen molar-refractivity contribution >= 4 is 29.3 Å². The van der Waals surface area contributed by atoms with Crippen LogP contribution in [0.5, 0.6) is 0 Å². The van der Waals surface area contributed by atoms with Crippen molar-refractivity contribution in [1.82, 2.24) is 0 Å². The van der Waals surface area contributed by atoms with E-state index >= 15 is 0 Å². The SMILES string of the molecule is COC(=O)c1ccc(SCCC(c2cccc(Cl)c2)C(O)c2ccc(C)c(C)c2)cc1. The molecule has 1 N–H and O–H groups in total. The maximum absolute atomic E-state index is 11.6. The number of aryl methyl sites for hydroxylation is 2. The van der Waals surface area contributed by atoms with Gasteiger partial charge in [-0.15, -0.1) is 11.8 Å². The number of aliphatic hydroxyl groups excluding tert-OH is 1. The second-order valence-corrected chi connectivity index (χ2v) is 9.21. The highest BCUT2D eigenvalue weighted by Crippen LogP contribution is 2.37. The minimum Gasteiger partial charge on any atom is -0.465 e. The minimum absolute atomic E-state index is 0.0809. The molecule has 3 aromatic rings. The summed E-state index contributed by atoms with van der Waals surface area (Å²) >= 11 is 7.94. The number of benzene rings is 3. The number of hydrogen-bond donors (Lipinski definition) is 1. The molecule has 0 aliphatic heterocycles. The van der Waals surface area contributed by atoms with Crippen molar-refractivity contribution in [2.75, 3.05) is 12.9 Å². The molecule has 0 aliphatic carbocycles. The fourth-order valence-corrected chi connectivity index (χ4v) is 4.67. The summed E-state index contributed by atoms with van der Waals surface area (Å²) in [4.78, 5) is 12.7. The summed E-state index contributed by atoms with van der Waals surface area (Å²) < 4.78 is 4.75. The predicted octanol–water partition coefficient (Wildman–Crippen LogP) is 6.74. The Morgan fingerprint density at radius 1 is 1.00 bits per heavy atom. The lowest BCUT2D eigenvalue weighted by atomic mass is 9.86. The predicted molar refractivity (Wildman–Crippen MR) is 128 cm³/mol. The van der Waals surface area contributed by atoms with Gasteiger partial charge in [-0.05, 0) is 84.7 Å². The number of carbonyl (C=O) groups is 1. The van der Waals surface area contributed by atoms with Gasteiger partial charge in [-0.1, -0.05) is 41.9 Å². The molecule has 31 heavy (non-hydrogen) atoms. The number of thioether (sulfide) groups is 1. The summed E-state index contributed by atoms with van der Waals surface area (Å²) in [5, 5.41) is 11.9. The lowest BCUT2D eigenvalue weighted by Crippen LogP contribution is -2.12. The van der Waals surface area contributed by atoms with E-state index in [1.165, 1.54) is 18.2 Å². The third-order valence-corrected chi connectivity index (χ3v) is 6.78. The summed E-state index contributed by atoms with van der Waals surface area (Å²) in [6.45, 7) is 4.13. The normalized spacial score (nSPS) is 12.9. The van der Waals surface area contributed by atoms with Gasteiger partial charge < -0.3 is 9.84 Å². The number of esters is 1. The summed E-state index contributed by atoms with van der Waals surface area (Å²) in [6, 6.07) is 21.2. The van der Waals surface area contributed by atoms with E-state index in [4.69, 9.17) is 16.3 Å². The van der Waals surface area contributed by atoms with Crippen LogP contribution < -0.4 is 0 Å². The molecule has 3 aromatic carbocycles. The van der Waals surface area contributed by atoms with Crippen molar-refractivity contribution in [3.05, 3.63) is 99.6 Å². The molecule has 2 atom stereocenters. The van der Waals surface area contributed by atoms with Gasteiger partial charge in [0.25, 0.3) is 0 Å². The van der Waals surface area contributed by atoms with Gasteiger partial charge in [-0.2, -0.15) is 0 Å². The molecular weight excluding hydrogens is 428 g/mol. The maximum Gasteiger partial charge on any atom is 0.337 e. The summed E-state index contributed by atoms with van der Waals surface area (Å²) in [5.41, 5.74) is 4.86. The number of rotatable bonds is 8.